The second kappa shape index (κ2) is 6.34. The third-order valence-corrected chi connectivity index (χ3v) is 0.631. The first kappa shape index (κ1) is 7.34. The van der Waals surface area contributed by atoms with E-state index >= 15 is 0 Å². The molecule has 0 saturated heterocycles. The van der Waals surface area contributed by atoms with Crippen LogP contribution in [0.25, 0.3) is 0 Å². The monoisotopic (exact) mass is 112 g/mol. The maximum absolute atomic E-state index is 3.75. The molecule has 0 N–H and O–H groups in total. The summed E-state index contributed by atoms with van der Waals surface area (Å²) in [5.41, 5.74) is 0. The Morgan fingerprint density at radius 3 is 2.62 bits per heavy atom. The van der Waals surface area contributed by atoms with Crippen LogP contribution in [-0.2, 0) is 0 Å². The van der Waals surface area contributed by atoms with Crippen LogP contribution < -0.4 is 0 Å². The zero-order valence-corrected chi connectivity index (χ0v) is 5.46. The van der Waals surface area contributed by atoms with Gasteiger partial charge in [0, 0.05) is 6.20 Å². The van der Waals surface area contributed by atoms with E-state index in [1.165, 1.54) is 0 Å². The largest absolute Gasteiger partial charge is 0.190 e. The lowest BCUT2D eigenvalue weighted by atomic mass is 10.5. The Balaban J connectivity index is 3.13. The molecule has 0 atom stereocenters. The molecule has 0 aromatic carbocycles. The Labute approximate surface area is 50.3 Å². The predicted molar refractivity (Wildman–Crippen MR) is 34.8 cm³/mol. The van der Waals surface area contributed by atoms with E-state index in [0.717, 1.165) is 13.0 Å². The molecular weight excluding hydrogens is 100 g/mol. The Bertz CT molecular complexity index is 72.5. The summed E-state index contributed by atoms with van der Waals surface area (Å²) in [6.45, 7) is 4.80. The molecule has 0 aliphatic rings. The van der Waals surface area contributed by atoms with Gasteiger partial charge in [0.05, 0.1) is 6.54 Å². The molecule has 0 radical (unpaired) electrons. The normalized spacial score (nSPS) is 11.8. The molecule has 46 valence electrons. The average molecular weight is 112 g/mol. The lowest BCUT2D eigenvalue weighted by Gasteiger charge is -1.74. The Kier molecular flexibility index (Phi) is 5.82. The zero-order valence-electron chi connectivity index (χ0n) is 5.46. The maximum atomic E-state index is 3.75. The Hall–Kier alpha value is -0.660. The van der Waals surface area contributed by atoms with Gasteiger partial charge in [-0.15, -0.1) is 0 Å². The van der Waals surface area contributed by atoms with E-state index in [-0.39, 0.29) is 0 Å². The average Bonchev–Trinajstić information content (AvgIpc) is 1.81. The molecule has 0 saturated carbocycles. The predicted octanol–water partition coefficient (Wildman–Crippen LogP) is 2.38. The first-order valence-electron chi connectivity index (χ1n) is 2.93. The molecule has 8 heavy (non-hydrogen) atoms. The van der Waals surface area contributed by atoms with Crippen molar-refractivity contribution in [1.82, 2.24) is 0 Å². The standard InChI is InChI=1S/C6H12N2/c1-3-5-6-8-7-4-2/h5-6H,3-4H2,1-2H3/b6-5+,8-7?. The lowest BCUT2D eigenvalue weighted by Crippen LogP contribution is -1.59. The highest BCUT2D eigenvalue weighted by atomic mass is 15.1. The van der Waals surface area contributed by atoms with Crippen molar-refractivity contribution in [3.8, 4) is 0 Å². The van der Waals surface area contributed by atoms with Crippen LogP contribution in [0.5, 0.6) is 0 Å². The van der Waals surface area contributed by atoms with Crippen LogP contribution in [0.1, 0.15) is 20.3 Å². The molecule has 0 rings (SSSR count). The molecule has 0 aliphatic heterocycles. The molecule has 0 unspecified atom stereocenters. The van der Waals surface area contributed by atoms with Gasteiger partial charge in [0.2, 0.25) is 0 Å². The molecular formula is C6H12N2. The number of azo groups is 1. The fraction of sp³-hybridized carbons (Fsp3) is 0.667. The van der Waals surface area contributed by atoms with Crippen LogP contribution in [0.4, 0.5) is 0 Å². The van der Waals surface area contributed by atoms with Crippen molar-refractivity contribution in [2.75, 3.05) is 6.54 Å². The molecule has 0 aliphatic carbocycles. The van der Waals surface area contributed by atoms with Crippen LogP contribution >= 0.6 is 0 Å². The molecule has 0 fully saturated rings. The van der Waals surface area contributed by atoms with Gasteiger partial charge in [-0.1, -0.05) is 13.0 Å². The third kappa shape index (κ3) is 5.34. The van der Waals surface area contributed by atoms with Crippen LogP contribution in [0.3, 0.4) is 0 Å². The molecule has 0 spiro atoms. The van der Waals surface area contributed by atoms with Gasteiger partial charge in [-0.2, -0.15) is 10.2 Å². The second-order valence-electron chi connectivity index (χ2n) is 1.37. The van der Waals surface area contributed by atoms with Gasteiger partial charge in [-0.05, 0) is 13.3 Å². The van der Waals surface area contributed by atoms with Crippen molar-refractivity contribution in [2.45, 2.75) is 20.3 Å². The number of hydrogen-bond acceptors (Lipinski definition) is 2. The maximum Gasteiger partial charge on any atom is 0.0574 e. The summed E-state index contributed by atoms with van der Waals surface area (Å²) in [5.74, 6) is 0. The van der Waals surface area contributed by atoms with Gasteiger partial charge in [-0.3, -0.25) is 0 Å². The Morgan fingerprint density at radius 2 is 2.12 bits per heavy atom. The highest BCUT2D eigenvalue weighted by molar-refractivity contribution is 4.75. The number of hydrogen-bond donors (Lipinski definition) is 0. The van der Waals surface area contributed by atoms with Crippen molar-refractivity contribution < 1.29 is 0 Å². The van der Waals surface area contributed by atoms with Crippen LogP contribution in [-0.4, -0.2) is 6.54 Å². The van der Waals surface area contributed by atoms with E-state index in [1.807, 2.05) is 13.0 Å². The molecule has 0 aromatic heterocycles. The van der Waals surface area contributed by atoms with Crippen LogP contribution in [0, 0.1) is 0 Å². The molecule has 0 bridgehead atoms. The smallest absolute Gasteiger partial charge is 0.0574 e. The van der Waals surface area contributed by atoms with E-state index in [1.54, 1.807) is 6.20 Å². The molecule has 0 amide bonds. The van der Waals surface area contributed by atoms with Gasteiger partial charge in [0.25, 0.3) is 0 Å². The second-order valence-corrected chi connectivity index (χ2v) is 1.37. The topological polar surface area (TPSA) is 24.7 Å². The fourth-order valence-corrected chi connectivity index (χ4v) is 0.281. The van der Waals surface area contributed by atoms with E-state index in [4.69, 9.17) is 0 Å². The van der Waals surface area contributed by atoms with Crippen LogP contribution in [0.2, 0.25) is 0 Å². The quantitative estimate of drug-likeness (QED) is 0.501. The number of nitrogens with zero attached hydrogens (tertiary/aromatic N) is 2. The molecule has 2 heteroatoms. The molecule has 0 heterocycles. The lowest BCUT2D eigenvalue weighted by molar-refractivity contribution is 0.997. The molecule has 2 nitrogen and oxygen atoms in total. The van der Waals surface area contributed by atoms with E-state index in [0.29, 0.717) is 0 Å². The summed E-state index contributed by atoms with van der Waals surface area (Å²) < 4.78 is 0. The number of rotatable bonds is 3. The SMILES string of the molecule is CC/C=C/N=NCC. The first-order valence-corrected chi connectivity index (χ1v) is 2.93. The Morgan fingerprint density at radius 1 is 1.38 bits per heavy atom. The van der Waals surface area contributed by atoms with Crippen molar-refractivity contribution >= 4 is 0 Å². The van der Waals surface area contributed by atoms with E-state index in [9.17, 15) is 0 Å². The highest BCUT2D eigenvalue weighted by Gasteiger charge is 1.62. The number of allylic oxidation sites excluding steroid dienone is 1. The minimum absolute atomic E-state index is 0.772. The van der Waals surface area contributed by atoms with Crippen LogP contribution in [0.15, 0.2) is 22.5 Å². The van der Waals surface area contributed by atoms with Crippen molar-refractivity contribution in [3.63, 3.8) is 0 Å². The first-order chi connectivity index (χ1) is 3.91. The molecule has 0 aromatic rings. The van der Waals surface area contributed by atoms with Gasteiger partial charge in [-0.25, -0.2) is 0 Å². The third-order valence-electron chi connectivity index (χ3n) is 0.631. The summed E-state index contributed by atoms with van der Waals surface area (Å²) in [7, 11) is 0. The van der Waals surface area contributed by atoms with Gasteiger partial charge in [0.1, 0.15) is 0 Å². The summed E-state index contributed by atoms with van der Waals surface area (Å²) >= 11 is 0. The van der Waals surface area contributed by atoms with E-state index < -0.39 is 0 Å². The zero-order chi connectivity index (χ0) is 6.24. The van der Waals surface area contributed by atoms with Gasteiger partial charge < -0.3 is 0 Å². The van der Waals surface area contributed by atoms with E-state index in [2.05, 4.69) is 17.2 Å². The van der Waals surface area contributed by atoms with Crippen molar-refractivity contribution in [2.24, 2.45) is 10.2 Å². The summed E-state index contributed by atoms with van der Waals surface area (Å²) in [4.78, 5) is 0. The highest BCUT2D eigenvalue weighted by Crippen LogP contribution is 1.81. The van der Waals surface area contributed by atoms with Crippen molar-refractivity contribution in [3.05, 3.63) is 12.3 Å². The minimum atomic E-state index is 0.772. The van der Waals surface area contributed by atoms with Crippen molar-refractivity contribution in [1.29, 1.82) is 0 Å². The fourth-order valence-electron chi connectivity index (χ4n) is 0.281. The summed E-state index contributed by atoms with van der Waals surface area (Å²) in [6, 6.07) is 0. The summed E-state index contributed by atoms with van der Waals surface area (Å²) in [5, 5.41) is 7.47. The summed E-state index contributed by atoms with van der Waals surface area (Å²) in [6.07, 6.45) is 4.73. The van der Waals surface area contributed by atoms with Gasteiger partial charge >= 0.3 is 0 Å². The minimum Gasteiger partial charge on any atom is -0.190 e. The van der Waals surface area contributed by atoms with Gasteiger partial charge in [0.15, 0.2) is 0 Å².